The molecule has 1 atom stereocenters. The summed E-state index contributed by atoms with van der Waals surface area (Å²) in [6.07, 6.45) is 4.93. The molecule has 1 fully saturated rings. The van der Waals surface area contributed by atoms with Crippen LogP contribution in [0.1, 0.15) is 35.9 Å². The summed E-state index contributed by atoms with van der Waals surface area (Å²) in [6, 6.07) is 9.45. The average molecular weight is 366 g/mol. The molecule has 0 bridgehead atoms. The van der Waals surface area contributed by atoms with E-state index in [2.05, 4.69) is 15.1 Å². The van der Waals surface area contributed by atoms with Crippen molar-refractivity contribution in [2.24, 2.45) is 0 Å². The largest absolute Gasteiger partial charge is 0.338 e. The van der Waals surface area contributed by atoms with Crippen LogP contribution in [0.2, 0.25) is 0 Å². The zero-order valence-corrected chi connectivity index (χ0v) is 14.9. The second-order valence-electron chi connectivity index (χ2n) is 7.06. The highest BCUT2D eigenvalue weighted by atomic mass is 19.1. The molecule has 0 radical (unpaired) electrons. The highest BCUT2D eigenvalue weighted by molar-refractivity contribution is 5.94. The number of benzene rings is 1. The number of pyridine rings is 1. The molecular weight excluding hydrogens is 347 g/mol. The molecule has 1 aliphatic heterocycles. The summed E-state index contributed by atoms with van der Waals surface area (Å²) in [6.45, 7) is 3.23. The molecule has 0 saturated carbocycles. The monoisotopic (exact) mass is 366 g/mol. The second-order valence-corrected chi connectivity index (χ2v) is 7.06. The molecule has 0 spiro atoms. The Balaban J connectivity index is 1.56. The topological polar surface area (TPSA) is 72.1 Å². The molecule has 1 amide bonds. The van der Waals surface area contributed by atoms with Gasteiger partial charge in [0.15, 0.2) is 5.82 Å². The molecule has 4 rings (SSSR count). The van der Waals surface area contributed by atoms with Crippen molar-refractivity contribution < 1.29 is 13.7 Å². The third-order valence-electron chi connectivity index (χ3n) is 4.95. The minimum Gasteiger partial charge on any atom is -0.338 e. The van der Waals surface area contributed by atoms with Crippen LogP contribution in [-0.2, 0) is 5.41 Å². The Morgan fingerprint density at radius 1 is 1.26 bits per heavy atom. The van der Waals surface area contributed by atoms with Gasteiger partial charge in [-0.2, -0.15) is 4.98 Å². The molecule has 27 heavy (non-hydrogen) atoms. The summed E-state index contributed by atoms with van der Waals surface area (Å²) in [5.74, 6) is 0.547. The number of aromatic nitrogens is 3. The predicted octanol–water partition coefficient (Wildman–Crippen LogP) is 3.46. The lowest BCUT2D eigenvalue weighted by molar-refractivity contribution is 0.0641. The van der Waals surface area contributed by atoms with E-state index in [0.717, 1.165) is 12.8 Å². The first kappa shape index (κ1) is 17.3. The Hall–Kier alpha value is -3.09. The molecule has 1 aromatic carbocycles. The van der Waals surface area contributed by atoms with E-state index >= 15 is 0 Å². The van der Waals surface area contributed by atoms with Crippen molar-refractivity contribution >= 4 is 5.91 Å². The number of hydrogen-bond donors (Lipinski definition) is 0. The van der Waals surface area contributed by atoms with Crippen LogP contribution in [0.15, 0.2) is 53.3 Å². The zero-order chi connectivity index (χ0) is 18.9. The average Bonchev–Trinajstić information content (AvgIpc) is 3.20. The maximum atomic E-state index is 13.1. The molecule has 1 aliphatic rings. The lowest BCUT2D eigenvalue weighted by Gasteiger charge is -2.38. The molecule has 7 heteroatoms. The second kappa shape index (κ2) is 6.90. The third-order valence-corrected chi connectivity index (χ3v) is 4.95. The van der Waals surface area contributed by atoms with E-state index in [1.165, 1.54) is 12.1 Å². The van der Waals surface area contributed by atoms with Crippen LogP contribution < -0.4 is 0 Å². The van der Waals surface area contributed by atoms with Gasteiger partial charge in [0.25, 0.3) is 11.8 Å². The number of carbonyl (C=O) groups excluding carboxylic acids is 1. The van der Waals surface area contributed by atoms with Crippen LogP contribution >= 0.6 is 0 Å². The van der Waals surface area contributed by atoms with Gasteiger partial charge in [-0.25, -0.2) is 4.39 Å². The van der Waals surface area contributed by atoms with Crippen molar-refractivity contribution in [1.82, 2.24) is 20.0 Å². The van der Waals surface area contributed by atoms with Crippen LogP contribution in [0.5, 0.6) is 0 Å². The fourth-order valence-corrected chi connectivity index (χ4v) is 3.45. The van der Waals surface area contributed by atoms with E-state index in [0.29, 0.717) is 35.9 Å². The summed E-state index contributed by atoms with van der Waals surface area (Å²) in [5.41, 5.74) is 0.831. The Kier molecular flexibility index (Phi) is 4.43. The Morgan fingerprint density at radius 3 is 2.81 bits per heavy atom. The summed E-state index contributed by atoms with van der Waals surface area (Å²) in [4.78, 5) is 23.1. The van der Waals surface area contributed by atoms with Crippen molar-refractivity contribution in [3.05, 3.63) is 66.0 Å². The standard InChI is InChI=1S/C20H19FN4O2/c1-20(19-23-17(27-24-19)14-5-7-16(21)8-6-14)9-3-11-25(13-20)18(26)15-4-2-10-22-12-15/h2,4-8,10,12H,3,9,11,13H2,1H3. The summed E-state index contributed by atoms with van der Waals surface area (Å²) in [7, 11) is 0. The first-order valence-corrected chi connectivity index (χ1v) is 8.85. The SMILES string of the molecule is CC1(c2noc(-c3ccc(F)cc3)n2)CCCN(C(=O)c2cccnc2)C1. The molecule has 0 N–H and O–H groups in total. The number of likely N-dealkylation sites (tertiary alicyclic amines) is 1. The first-order chi connectivity index (χ1) is 13.0. The maximum absolute atomic E-state index is 13.1. The Labute approximate surface area is 156 Å². The van der Waals surface area contributed by atoms with Crippen LogP contribution in [0.4, 0.5) is 4.39 Å². The van der Waals surface area contributed by atoms with E-state index < -0.39 is 5.41 Å². The number of rotatable bonds is 3. The van der Waals surface area contributed by atoms with Crippen LogP contribution in [-0.4, -0.2) is 39.0 Å². The molecule has 1 unspecified atom stereocenters. The van der Waals surface area contributed by atoms with Crippen molar-refractivity contribution in [1.29, 1.82) is 0 Å². The molecule has 138 valence electrons. The molecular formula is C20H19FN4O2. The molecule has 1 saturated heterocycles. The van der Waals surface area contributed by atoms with Gasteiger partial charge >= 0.3 is 0 Å². The first-order valence-electron chi connectivity index (χ1n) is 8.85. The van der Waals surface area contributed by atoms with Crippen molar-refractivity contribution in [3.63, 3.8) is 0 Å². The number of carbonyl (C=O) groups is 1. The van der Waals surface area contributed by atoms with Gasteiger partial charge in [0.05, 0.1) is 5.56 Å². The highest BCUT2D eigenvalue weighted by Gasteiger charge is 2.38. The fourth-order valence-electron chi connectivity index (χ4n) is 3.45. The lowest BCUT2D eigenvalue weighted by atomic mass is 9.81. The fraction of sp³-hybridized carbons (Fsp3) is 0.300. The van der Waals surface area contributed by atoms with Crippen LogP contribution in [0, 0.1) is 5.82 Å². The number of amides is 1. The number of hydrogen-bond acceptors (Lipinski definition) is 5. The van der Waals surface area contributed by atoms with Gasteiger partial charge in [-0.05, 0) is 49.2 Å². The van der Waals surface area contributed by atoms with Gasteiger partial charge in [-0.1, -0.05) is 12.1 Å². The van der Waals surface area contributed by atoms with E-state index in [9.17, 15) is 9.18 Å². The van der Waals surface area contributed by atoms with Gasteiger partial charge in [0.2, 0.25) is 0 Å². The number of nitrogens with zero attached hydrogens (tertiary/aromatic N) is 4. The third kappa shape index (κ3) is 3.45. The van der Waals surface area contributed by atoms with E-state index in [-0.39, 0.29) is 11.7 Å². The number of piperidine rings is 1. The minimum atomic E-state index is -0.405. The quantitative estimate of drug-likeness (QED) is 0.710. The van der Waals surface area contributed by atoms with Crippen LogP contribution in [0.25, 0.3) is 11.5 Å². The van der Waals surface area contributed by atoms with Gasteiger partial charge in [-0.15, -0.1) is 0 Å². The van der Waals surface area contributed by atoms with Gasteiger partial charge in [-0.3, -0.25) is 9.78 Å². The summed E-state index contributed by atoms with van der Waals surface area (Å²) >= 11 is 0. The molecule has 2 aromatic heterocycles. The highest BCUT2D eigenvalue weighted by Crippen LogP contribution is 2.33. The van der Waals surface area contributed by atoms with E-state index in [1.807, 2.05) is 11.8 Å². The predicted molar refractivity (Wildman–Crippen MR) is 96.4 cm³/mol. The smallest absolute Gasteiger partial charge is 0.257 e. The normalized spacial score (nSPS) is 19.9. The van der Waals surface area contributed by atoms with Crippen molar-refractivity contribution in [2.45, 2.75) is 25.2 Å². The van der Waals surface area contributed by atoms with Crippen LogP contribution in [0.3, 0.4) is 0 Å². The van der Waals surface area contributed by atoms with Gasteiger partial charge < -0.3 is 9.42 Å². The summed E-state index contributed by atoms with van der Waals surface area (Å²) in [5, 5.41) is 4.15. The summed E-state index contributed by atoms with van der Waals surface area (Å²) < 4.78 is 18.5. The molecule has 0 aliphatic carbocycles. The number of halogens is 1. The molecule has 3 heterocycles. The molecule has 6 nitrogen and oxygen atoms in total. The zero-order valence-electron chi connectivity index (χ0n) is 14.9. The Bertz CT molecular complexity index is 942. The minimum absolute atomic E-state index is 0.0451. The molecule has 3 aromatic rings. The van der Waals surface area contributed by atoms with Crippen molar-refractivity contribution in [3.8, 4) is 11.5 Å². The van der Waals surface area contributed by atoms with Crippen molar-refractivity contribution in [2.75, 3.05) is 13.1 Å². The van der Waals surface area contributed by atoms with Gasteiger partial charge in [0, 0.05) is 36.5 Å². The van der Waals surface area contributed by atoms with E-state index in [1.54, 1.807) is 36.7 Å². The van der Waals surface area contributed by atoms with E-state index in [4.69, 9.17) is 4.52 Å². The Morgan fingerprint density at radius 2 is 2.07 bits per heavy atom. The maximum Gasteiger partial charge on any atom is 0.257 e. The lowest BCUT2D eigenvalue weighted by Crippen LogP contribution is -2.47. The van der Waals surface area contributed by atoms with Gasteiger partial charge in [0.1, 0.15) is 5.82 Å².